The predicted octanol–water partition coefficient (Wildman–Crippen LogP) is 3.29. The zero-order valence-electron chi connectivity index (χ0n) is 8.73. The average Bonchev–Trinajstić information content (AvgIpc) is 1.83. The largest absolute Gasteiger partial charge is 0.291 e. The van der Waals surface area contributed by atoms with Gasteiger partial charge in [-0.25, -0.2) is 0 Å². The van der Waals surface area contributed by atoms with Gasteiger partial charge in [0.05, 0.1) is 5.54 Å². The fraction of sp³-hybridized carbons (Fsp3) is 0.900. The van der Waals surface area contributed by atoms with Crippen LogP contribution in [0.25, 0.3) is 0 Å². The smallest absolute Gasteiger partial charge is 0.0520 e. The van der Waals surface area contributed by atoms with Gasteiger partial charge in [0.1, 0.15) is 0 Å². The molecule has 1 nitrogen and oxygen atoms in total. The van der Waals surface area contributed by atoms with Crippen molar-refractivity contribution in [1.82, 2.24) is 0 Å². The van der Waals surface area contributed by atoms with Crippen LogP contribution in [0.5, 0.6) is 0 Å². The molecule has 0 amide bonds. The summed E-state index contributed by atoms with van der Waals surface area (Å²) in [4.78, 5) is 4.47. The molecular formula is C10H21N. The first kappa shape index (κ1) is 10.7. The molecule has 0 spiro atoms. The molecule has 0 atom stereocenters. The van der Waals surface area contributed by atoms with Crippen molar-refractivity contribution in [2.24, 2.45) is 10.4 Å². The number of hydrogen-bond acceptors (Lipinski definition) is 1. The third kappa shape index (κ3) is 6.08. The van der Waals surface area contributed by atoms with Gasteiger partial charge in [-0.05, 0) is 32.6 Å². The minimum absolute atomic E-state index is 0.0758. The van der Waals surface area contributed by atoms with Crippen molar-refractivity contribution in [2.75, 3.05) is 0 Å². The first-order valence-corrected chi connectivity index (χ1v) is 4.33. The third-order valence-electron chi connectivity index (χ3n) is 1.71. The van der Waals surface area contributed by atoms with Gasteiger partial charge in [0.15, 0.2) is 0 Å². The van der Waals surface area contributed by atoms with Gasteiger partial charge >= 0.3 is 0 Å². The fourth-order valence-electron chi connectivity index (χ4n) is 0.460. The van der Waals surface area contributed by atoms with Crippen molar-refractivity contribution in [1.29, 1.82) is 0 Å². The molecule has 11 heavy (non-hydrogen) atoms. The lowest BCUT2D eigenvalue weighted by Gasteiger charge is -2.19. The van der Waals surface area contributed by atoms with Crippen LogP contribution < -0.4 is 0 Å². The van der Waals surface area contributed by atoms with E-state index in [0.29, 0.717) is 0 Å². The molecule has 0 aliphatic rings. The molecule has 0 N–H and O–H groups in total. The molecule has 0 fully saturated rings. The normalized spacial score (nSPS) is 14.4. The monoisotopic (exact) mass is 155 g/mol. The summed E-state index contributed by atoms with van der Waals surface area (Å²) in [6.45, 7) is 13.0. The molecular weight excluding hydrogens is 134 g/mol. The molecule has 0 aromatic rings. The molecule has 1 heteroatoms. The lowest BCUT2D eigenvalue weighted by Crippen LogP contribution is -2.17. The van der Waals surface area contributed by atoms with Crippen molar-refractivity contribution in [2.45, 2.75) is 53.5 Å². The van der Waals surface area contributed by atoms with Gasteiger partial charge in [-0.15, -0.1) is 0 Å². The quantitative estimate of drug-likeness (QED) is 0.543. The van der Waals surface area contributed by atoms with Crippen molar-refractivity contribution in [3.63, 3.8) is 0 Å². The van der Waals surface area contributed by atoms with E-state index in [4.69, 9.17) is 0 Å². The molecule has 0 aromatic carbocycles. The molecule has 0 aromatic heterocycles. The van der Waals surface area contributed by atoms with E-state index in [9.17, 15) is 0 Å². The zero-order chi connectivity index (χ0) is 9.12. The average molecular weight is 155 g/mol. The summed E-state index contributed by atoms with van der Waals surface area (Å²) in [7, 11) is 0. The van der Waals surface area contributed by atoms with Crippen LogP contribution in [0.2, 0.25) is 0 Å². The van der Waals surface area contributed by atoms with E-state index in [0.717, 1.165) is 6.42 Å². The van der Waals surface area contributed by atoms with Gasteiger partial charge in [-0.3, -0.25) is 4.99 Å². The lowest BCUT2D eigenvalue weighted by atomic mass is 9.92. The molecule has 0 saturated carbocycles. The number of nitrogens with zero attached hydrogens (tertiary/aromatic N) is 1. The van der Waals surface area contributed by atoms with Gasteiger partial charge in [0, 0.05) is 6.21 Å². The molecule has 0 rings (SSSR count). The summed E-state index contributed by atoms with van der Waals surface area (Å²) >= 11 is 0. The molecule has 0 radical (unpaired) electrons. The zero-order valence-corrected chi connectivity index (χ0v) is 8.73. The van der Waals surface area contributed by atoms with Gasteiger partial charge < -0.3 is 0 Å². The Kier molecular flexibility index (Phi) is 3.28. The first-order valence-electron chi connectivity index (χ1n) is 4.33. The lowest BCUT2D eigenvalue weighted by molar-refractivity contribution is 0.499. The summed E-state index contributed by atoms with van der Waals surface area (Å²) in [5.41, 5.74) is 0.333. The number of hydrogen-bond donors (Lipinski definition) is 0. The number of aliphatic imine (C=N–C) groups is 1. The van der Waals surface area contributed by atoms with Crippen LogP contribution >= 0.6 is 0 Å². The Balaban J connectivity index is 4.13. The number of rotatable bonds is 2. The molecule has 0 aliphatic heterocycles. The van der Waals surface area contributed by atoms with Crippen LogP contribution in [-0.4, -0.2) is 11.8 Å². The highest BCUT2D eigenvalue weighted by atomic mass is 14.8. The first-order chi connectivity index (χ1) is 4.77. The van der Waals surface area contributed by atoms with Gasteiger partial charge in [-0.2, -0.15) is 0 Å². The highest BCUT2D eigenvalue weighted by Gasteiger charge is 2.13. The van der Waals surface area contributed by atoms with Gasteiger partial charge in [0.25, 0.3) is 0 Å². The van der Waals surface area contributed by atoms with Crippen LogP contribution in [0.1, 0.15) is 48.0 Å². The molecule has 0 saturated heterocycles. The summed E-state index contributed by atoms with van der Waals surface area (Å²) in [5.74, 6) is 0. The molecule has 0 aliphatic carbocycles. The highest BCUT2D eigenvalue weighted by Crippen LogP contribution is 2.18. The second-order valence-corrected chi connectivity index (χ2v) is 4.77. The van der Waals surface area contributed by atoms with Crippen molar-refractivity contribution >= 4 is 6.21 Å². The second kappa shape index (κ2) is 3.38. The van der Waals surface area contributed by atoms with E-state index < -0.39 is 0 Å². The van der Waals surface area contributed by atoms with E-state index in [1.807, 2.05) is 0 Å². The Hall–Kier alpha value is -0.330. The van der Waals surface area contributed by atoms with Crippen molar-refractivity contribution < 1.29 is 0 Å². The van der Waals surface area contributed by atoms with E-state index in [1.54, 1.807) is 0 Å². The van der Waals surface area contributed by atoms with E-state index in [2.05, 4.69) is 52.7 Å². The molecule has 66 valence electrons. The van der Waals surface area contributed by atoms with Crippen LogP contribution in [0.15, 0.2) is 4.99 Å². The maximum absolute atomic E-state index is 4.47. The molecule has 0 heterocycles. The van der Waals surface area contributed by atoms with E-state index in [1.165, 1.54) is 0 Å². The summed E-state index contributed by atoms with van der Waals surface area (Å²) < 4.78 is 0. The van der Waals surface area contributed by atoms with Crippen LogP contribution in [-0.2, 0) is 0 Å². The minimum Gasteiger partial charge on any atom is -0.291 e. The predicted molar refractivity (Wildman–Crippen MR) is 52.3 cm³/mol. The Labute approximate surface area is 70.9 Å². The van der Waals surface area contributed by atoms with Gasteiger partial charge in [-0.1, -0.05) is 20.8 Å². The van der Waals surface area contributed by atoms with E-state index in [-0.39, 0.29) is 11.0 Å². The Morgan fingerprint density at radius 2 is 1.55 bits per heavy atom. The van der Waals surface area contributed by atoms with Crippen molar-refractivity contribution in [3.05, 3.63) is 0 Å². The topological polar surface area (TPSA) is 12.4 Å². The van der Waals surface area contributed by atoms with Gasteiger partial charge in [0.2, 0.25) is 0 Å². The fourth-order valence-corrected chi connectivity index (χ4v) is 0.460. The SMILES string of the molecule is CCC(C)(C)/C=N/C(C)(C)C. The summed E-state index contributed by atoms with van der Waals surface area (Å²) in [6.07, 6.45) is 3.22. The second-order valence-electron chi connectivity index (χ2n) is 4.77. The minimum atomic E-state index is 0.0758. The maximum atomic E-state index is 4.47. The van der Waals surface area contributed by atoms with Crippen LogP contribution in [0, 0.1) is 5.41 Å². The van der Waals surface area contributed by atoms with Crippen LogP contribution in [0.4, 0.5) is 0 Å². The molecule has 0 bridgehead atoms. The Morgan fingerprint density at radius 3 is 1.82 bits per heavy atom. The summed E-state index contributed by atoms with van der Waals surface area (Å²) in [6, 6.07) is 0. The van der Waals surface area contributed by atoms with E-state index >= 15 is 0 Å². The highest BCUT2D eigenvalue weighted by molar-refractivity contribution is 5.64. The Morgan fingerprint density at radius 1 is 1.09 bits per heavy atom. The standard InChI is InChI=1S/C10H21N/c1-7-10(5,6)8-11-9(2,3)4/h8H,7H2,1-6H3/b11-8+. The van der Waals surface area contributed by atoms with Crippen LogP contribution in [0.3, 0.4) is 0 Å². The van der Waals surface area contributed by atoms with Crippen molar-refractivity contribution in [3.8, 4) is 0 Å². The maximum Gasteiger partial charge on any atom is 0.0520 e. The Bertz CT molecular complexity index is 137. The molecule has 0 unspecified atom stereocenters. The third-order valence-corrected chi connectivity index (χ3v) is 1.71. The summed E-state index contributed by atoms with van der Waals surface area (Å²) in [5, 5.41) is 0.